The van der Waals surface area contributed by atoms with Crippen LogP contribution in [-0.4, -0.2) is 112 Å². The van der Waals surface area contributed by atoms with E-state index in [-0.39, 0.29) is 36.5 Å². The van der Waals surface area contributed by atoms with Gasteiger partial charge in [-0.15, -0.1) is 0 Å². The topological polar surface area (TPSA) is 107 Å². The summed E-state index contributed by atoms with van der Waals surface area (Å²) in [5.41, 5.74) is -0.165. The van der Waals surface area contributed by atoms with Crippen LogP contribution < -0.4 is 9.47 Å². The van der Waals surface area contributed by atoms with Gasteiger partial charge in [-0.05, 0) is 71.6 Å². The first kappa shape index (κ1) is 37.2. The lowest BCUT2D eigenvalue weighted by atomic mass is 9.89. The molecule has 0 aromatic heterocycles. The minimum absolute atomic E-state index is 0.124. The maximum Gasteiger partial charge on any atom is 0.410 e. The maximum absolute atomic E-state index is 14.0. The van der Waals surface area contributed by atoms with Gasteiger partial charge in [0.2, 0.25) is 0 Å². The molecule has 260 valence electrons. The lowest BCUT2D eigenvalue weighted by Crippen LogP contribution is -2.43. The number of ether oxygens (including phenoxy) is 5. The predicted octanol–water partition coefficient (Wildman–Crippen LogP) is 6.09. The Morgan fingerprint density at radius 3 is 2.28 bits per heavy atom. The van der Waals surface area contributed by atoms with E-state index in [1.165, 1.54) is 19.3 Å². The van der Waals surface area contributed by atoms with Gasteiger partial charge in [-0.1, -0.05) is 19.3 Å². The highest BCUT2D eigenvalue weighted by Crippen LogP contribution is 2.31. The van der Waals surface area contributed by atoms with Crippen molar-refractivity contribution in [1.82, 2.24) is 14.7 Å². The lowest BCUT2D eigenvalue weighted by molar-refractivity contribution is 0.0277. The molecule has 1 saturated heterocycles. The van der Waals surface area contributed by atoms with Crippen molar-refractivity contribution in [3.05, 3.63) is 23.8 Å². The van der Waals surface area contributed by atoms with Crippen molar-refractivity contribution in [2.24, 2.45) is 17.8 Å². The summed E-state index contributed by atoms with van der Waals surface area (Å²) in [6, 6.07) is 5.07. The Hall–Kier alpha value is -3.21. The molecule has 0 bridgehead atoms. The van der Waals surface area contributed by atoms with Crippen LogP contribution in [0.2, 0.25) is 0 Å². The average Bonchev–Trinajstić information content (AvgIpc) is 3.42. The van der Waals surface area contributed by atoms with Gasteiger partial charge < -0.3 is 38.4 Å². The van der Waals surface area contributed by atoms with E-state index in [4.69, 9.17) is 23.7 Å². The van der Waals surface area contributed by atoms with Crippen LogP contribution in [0, 0.1) is 17.8 Å². The van der Waals surface area contributed by atoms with E-state index in [1.807, 2.05) is 39.5 Å². The van der Waals surface area contributed by atoms with E-state index in [2.05, 4.69) is 0 Å². The number of carbonyl (C=O) groups is 3. The monoisotopic (exact) mass is 647 g/mol. The summed E-state index contributed by atoms with van der Waals surface area (Å²) in [6.45, 7) is 12.4. The number of hydrogen-bond donors (Lipinski definition) is 0. The van der Waals surface area contributed by atoms with Crippen molar-refractivity contribution in [2.75, 3.05) is 67.3 Å². The van der Waals surface area contributed by atoms with Gasteiger partial charge in [0.15, 0.2) is 11.5 Å². The van der Waals surface area contributed by atoms with Crippen molar-refractivity contribution < 1.29 is 38.1 Å². The first-order valence-corrected chi connectivity index (χ1v) is 16.8. The molecule has 2 aliphatic rings. The second-order valence-electron chi connectivity index (χ2n) is 14.0. The molecule has 1 aromatic rings. The van der Waals surface area contributed by atoms with Crippen LogP contribution >= 0.6 is 0 Å². The zero-order valence-electron chi connectivity index (χ0n) is 29.3. The first-order chi connectivity index (χ1) is 21.8. The smallest absolute Gasteiger partial charge is 0.410 e. The Bertz CT molecular complexity index is 1130. The largest absolute Gasteiger partial charge is 0.493 e. The molecule has 0 unspecified atom stereocenters. The molecule has 2 fully saturated rings. The van der Waals surface area contributed by atoms with Crippen LogP contribution in [0.3, 0.4) is 0 Å². The normalized spacial score (nSPS) is 18.8. The Morgan fingerprint density at radius 1 is 0.957 bits per heavy atom. The molecule has 0 radical (unpaired) electrons. The molecule has 11 heteroatoms. The number of likely N-dealkylation sites (tertiary alicyclic amines) is 1. The zero-order chi connectivity index (χ0) is 33.9. The molecule has 3 amide bonds. The summed E-state index contributed by atoms with van der Waals surface area (Å²) >= 11 is 0. The Morgan fingerprint density at radius 2 is 1.65 bits per heavy atom. The fraction of sp³-hybridized carbons (Fsp3) is 0.743. The van der Waals surface area contributed by atoms with E-state index in [0.29, 0.717) is 68.8 Å². The highest BCUT2D eigenvalue weighted by molar-refractivity contribution is 5.95. The fourth-order valence-corrected chi connectivity index (χ4v) is 6.18. The predicted molar refractivity (Wildman–Crippen MR) is 176 cm³/mol. The number of amides is 3. The Balaban J connectivity index is 1.75. The van der Waals surface area contributed by atoms with E-state index >= 15 is 0 Å². The molecule has 1 saturated carbocycles. The molecular formula is C35H57N3O8. The van der Waals surface area contributed by atoms with Crippen LogP contribution in [0.25, 0.3) is 0 Å². The van der Waals surface area contributed by atoms with Crippen LogP contribution in [0.1, 0.15) is 83.5 Å². The van der Waals surface area contributed by atoms with Gasteiger partial charge in [0.1, 0.15) is 5.60 Å². The van der Waals surface area contributed by atoms with Crippen LogP contribution in [0.5, 0.6) is 11.5 Å². The summed E-state index contributed by atoms with van der Waals surface area (Å²) < 4.78 is 28.0. The van der Waals surface area contributed by atoms with Crippen molar-refractivity contribution in [3.8, 4) is 11.5 Å². The lowest BCUT2D eigenvalue weighted by Gasteiger charge is -2.32. The van der Waals surface area contributed by atoms with Crippen LogP contribution in [0.4, 0.5) is 9.59 Å². The number of nitrogens with zero attached hydrogens (tertiary/aromatic N) is 3. The molecule has 0 spiro atoms. The number of hydrogen-bond acceptors (Lipinski definition) is 8. The second kappa shape index (κ2) is 17.6. The third-order valence-corrected chi connectivity index (χ3v) is 8.69. The Kier molecular flexibility index (Phi) is 14.3. The number of carbonyl (C=O) groups excluding carboxylic acids is 3. The molecule has 2 atom stereocenters. The third kappa shape index (κ3) is 11.2. The number of methoxy groups -OCH3 is 2. The van der Waals surface area contributed by atoms with Gasteiger partial charge in [-0.3, -0.25) is 4.79 Å². The maximum atomic E-state index is 14.0. The highest BCUT2D eigenvalue weighted by atomic mass is 16.6. The average molecular weight is 648 g/mol. The number of benzene rings is 1. The van der Waals surface area contributed by atoms with Crippen molar-refractivity contribution in [3.63, 3.8) is 0 Å². The van der Waals surface area contributed by atoms with E-state index in [1.54, 1.807) is 49.3 Å². The second-order valence-corrected chi connectivity index (χ2v) is 14.0. The summed E-state index contributed by atoms with van der Waals surface area (Å²) in [7, 11) is 5.00. The standard InChI is InChI=1S/C35H57N3O8/c1-25(2)38(32(39)27-15-16-30(43-8)31(19-27)44-18-12-17-42-7)23-28-21-37(34(41)46-35(3,4)5)22-29(28)24-45-33(40)36(6)20-26-13-10-9-11-14-26/h15-16,19,25-26,28-29H,9-14,17-18,20-24H2,1-8H3/t28-,29-/m0/s1. The van der Waals surface area contributed by atoms with Gasteiger partial charge in [0.05, 0.1) is 20.3 Å². The molecule has 1 aromatic carbocycles. The third-order valence-electron chi connectivity index (χ3n) is 8.69. The van der Waals surface area contributed by atoms with E-state index < -0.39 is 11.7 Å². The first-order valence-electron chi connectivity index (χ1n) is 16.8. The number of rotatable bonds is 14. The highest BCUT2D eigenvalue weighted by Gasteiger charge is 2.40. The zero-order valence-corrected chi connectivity index (χ0v) is 29.3. The summed E-state index contributed by atoms with van der Waals surface area (Å²) in [6.07, 6.45) is 5.91. The molecule has 1 aliphatic heterocycles. The summed E-state index contributed by atoms with van der Waals surface area (Å²) in [5.74, 6) is 1.10. The van der Waals surface area contributed by atoms with Gasteiger partial charge in [0, 0.05) is 76.8 Å². The Labute approximate surface area is 275 Å². The molecule has 0 N–H and O–H groups in total. The molecule has 3 rings (SSSR count). The van der Waals surface area contributed by atoms with E-state index in [9.17, 15) is 14.4 Å². The van der Waals surface area contributed by atoms with Crippen molar-refractivity contribution in [2.45, 2.75) is 84.8 Å². The van der Waals surface area contributed by atoms with E-state index in [0.717, 1.165) is 12.8 Å². The quantitative estimate of drug-likeness (QED) is 0.223. The molecular weight excluding hydrogens is 590 g/mol. The summed E-state index contributed by atoms with van der Waals surface area (Å²) in [4.78, 5) is 45.2. The fourth-order valence-electron chi connectivity index (χ4n) is 6.18. The van der Waals surface area contributed by atoms with Crippen molar-refractivity contribution >= 4 is 18.1 Å². The van der Waals surface area contributed by atoms with Gasteiger partial charge in [-0.2, -0.15) is 0 Å². The minimum atomic E-state index is -0.642. The summed E-state index contributed by atoms with van der Waals surface area (Å²) in [5, 5.41) is 0. The van der Waals surface area contributed by atoms with Gasteiger partial charge in [0.25, 0.3) is 5.91 Å². The minimum Gasteiger partial charge on any atom is -0.493 e. The van der Waals surface area contributed by atoms with Gasteiger partial charge in [-0.25, -0.2) is 9.59 Å². The SMILES string of the molecule is COCCCOc1cc(C(=O)N(C[C@@H]2CN(C(=O)OC(C)(C)C)C[C@H]2COC(=O)N(C)CC2CCCCC2)C(C)C)ccc1OC. The molecule has 11 nitrogen and oxygen atoms in total. The molecule has 1 heterocycles. The van der Waals surface area contributed by atoms with Crippen LogP contribution in [0.15, 0.2) is 18.2 Å². The van der Waals surface area contributed by atoms with Crippen LogP contribution in [-0.2, 0) is 14.2 Å². The molecule has 46 heavy (non-hydrogen) atoms. The van der Waals surface area contributed by atoms with Crippen molar-refractivity contribution in [1.29, 1.82) is 0 Å². The molecule has 1 aliphatic carbocycles. The van der Waals surface area contributed by atoms with Gasteiger partial charge >= 0.3 is 12.2 Å².